The quantitative estimate of drug-likeness (QED) is 0.132. The molecule has 0 spiro atoms. The molecule has 0 radical (unpaired) electrons. The number of benzene rings is 8. The predicted octanol–water partition coefficient (Wildman–Crippen LogP) is 22.3. The zero-order valence-corrected chi connectivity index (χ0v) is 66.5. The summed E-state index contributed by atoms with van der Waals surface area (Å²) in [6.07, 6.45) is 26.3. The van der Waals surface area contributed by atoms with E-state index in [1.165, 1.54) is 156 Å². The number of imidazole rings is 4. The van der Waals surface area contributed by atoms with Gasteiger partial charge in [0.1, 0.15) is 45.0 Å². The van der Waals surface area contributed by atoms with E-state index in [-0.39, 0.29) is 0 Å². The van der Waals surface area contributed by atoms with Crippen molar-refractivity contribution in [3.05, 3.63) is 382 Å². The van der Waals surface area contributed by atoms with E-state index in [2.05, 4.69) is 227 Å². The third-order valence-electron chi connectivity index (χ3n) is 27.7. The second-order valence-corrected chi connectivity index (χ2v) is 34.1. The van der Waals surface area contributed by atoms with Gasteiger partial charge in [-0.15, -0.1) is 0 Å². The second-order valence-electron chi connectivity index (χ2n) is 34.1. The van der Waals surface area contributed by atoms with Crippen LogP contribution >= 0.6 is 0 Å². The summed E-state index contributed by atoms with van der Waals surface area (Å²) >= 11 is 0. The molecule has 8 aromatic carbocycles. The van der Waals surface area contributed by atoms with Crippen LogP contribution in [0.15, 0.2) is 292 Å². The van der Waals surface area contributed by atoms with Crippen LogP contribution in [0, 0.1) is 0 Å². The normalized spacial score (nSPS) is 13.5. The van der Waals surface area contributed by atoms with Crippen molar-refractivity contribution in [1.82, 2.24) is 77.4 Å². The van der Waals surface area contributed by atoms with Crippen LogP contribution in [0.4, 0.5) is 0 Å². The van der Waals surface area contributed by atoms with Crippen molar-refractivity contribution in [2.75, 3.05) is 0 Å². The van der Waals surface area contributed by atoms with Crippen molar-refractivity contribution in [3.63, 3.8) is 0 Å². The molecule has 16 heterocycles. The molecular weight excluding hydrogens is 1520 g/mol. The number of aromatic nitrogens is 16. The van der Waals surface area contributed by atoms with E-state index >= 15 is 0 Å². The maximum absolute atomic E-state index is 5.19. The van der Waals surface area contributed by atoms with Gasteiger partial charge in [0.15, 0.2) is 5.65 Å². The average Bonchev–Trinajstić information content (AvgIpc) is 1.56. The molecule has 0 bridgehead atoms. The van der Waals surface area contributed by atoms with Crippen LogP contribution in [0.3, 0.4) is 0 Å². The SMILES string of the molecule is c1ccc2c(c1)Cc1cc3c(cc1-2)-c1nc2c4cccnc4c4cccnc4n2c1C3.c1ccc2c(c1)Cc1cc3c(cc1-2)-c1nc2c4ccncc4c4cccnc4n2c1C3.c1ccc2c(c1)Cc1cc3c(cc1-2)-c1nc2c4cnccc4c4cccnc4n2c1C3.c1ccc2c(c1)Cc1cc3c(cc1-2)-c1nc2c4ncccc4c4cccnc4n2c1C3. The number of fused-ring (bicyclic) bond motifs is 52. The van der Waals surface area contributed by atoms with Gasteiger partial charge >= 0.3 is 0 Å². The molecule has 16 aromatic heterocycles. The molecule has 0 saturated heterocycles. The minimum absolute atomic E-state index is 0.874. The van der Waals surface area contributed by atoms with E-state index in [1.807, 2.05) is 98.4 Å². The molecule has 0 N–H and O–H groups in total. The minimum atomic E-state index is 0.874. The van der Waals surface area contributed by atoms with Crippen LogP contribution in [0.25, 0.3) is 200 Å². The van der Waals surface area contributed by atoms with Gasteiger partial charge in [-0.25, -0.2) is 39.9 Å². The fourth-order valence-corrected chi connectivity index (χ4v) is 22.4. The Morgan fingerprint density at radius 1 is 0.177 bits per heavy atom. The lowest BCUT2D eigenvalue weighted by Crippen LogP contribution is -1.99. The monoisotopic (exact) mass is 1580 g/mol. The highest BCUT2D eigenvalue weighted by atomic mass is 15.1. The number of rotatable bonds is 0. The Hall–Kier alpha value is -16.2. The van der Waals surface area contributed by atoms with Crippen LogP contribution in [0.2, 0.25) is 0 Å². The Labute approximate surface area is 706 Å². The first-order valence-corrected chi connectivity index (χ1v) is 42.5. The van der Waals surface area contributed by atoms with Gasteiger partial charge in [-0.3, -0.25) is 37.5 Å². The van der Waals surface area contributed by atoms with Crippen LogP contribution < -0.4 is 0 Å². The standard InChI is InChI=1S/4C27H16N4/c1-2-6-18-15(5-1)11-16-12-17-13-23-25(22(17)14-21(16)18)30-27-20-8-3-9-28-24(20)19-7-4-10-29-26(19)31(23)27;1-2-6-18-15(5-1)11-16-12-17-13-23-24(22(17)14-21(16)18)30-27-25-19(7-3-9-28-25)20-8-4-10-29-26(20)31(23)27;1-2-5-18-15(4-1)10-16-11-17-12-24-25(22(17)13-21(16)18)30-27-23-14-28-9-7-19(23)20-6-3-8-29-26(20)31(24)27;1-2-5-18-15(4-1)10-16-11-17-12-24-25(22(17)13-21(16)18)30-27-20-7-9-28-14-23(20)19-6-3-8-29-26(19)31(24)27/h2*1-10,12,14H,11,13H2;2*1-9,11,13-14H,10,12H2. The first kappa shape index (κ1) is 66.7. The number of hydrogen-bond acceptors (Lipinski definition) is 12. The molecule has 8 aliphatic rings. The van der Waals surface area contributed by atoms with E-state index in [0.717, 1.165) is 184 Å². The zero-order valence-electron chi connectivity index (χ0n) is 66.5. The number of nitrogens with zero attached hydrogens (tertiary/aromatic N) is 16. The molecule has 0 unspecified atom stereocenters. The Morgan fingerprint density at radius 3 is 0.895 bits per heavy atom. The Kier molecular flexibility index (Phi) is 13.3. The third kappa shape index (κ3) is 9.18. The number of pyridine rings is 12. The van der Waals surface area contributed by atoms with Crippen LogP contribution in [-0.4, -0.2) is 77.4 Å². The minimum Gasteiger partial charge on any atom is -0.279 e. The fraction of sp³-hybridized carbons (Fsp3) is 0.0741. The van der Waals surface area contributed by atoms with E-state index < -0.39 is 0 Å². The summed E-state index contributed by atoms with van der Waals surface area (Å²) < 4.78 is 9.02. The van der Waals surface area contributed by atoms with Gasteiger partial charge in [-0.1, -0.05) is 127 Å². The Balaban J connectivity index is 0.0000000828. The highest BCUT2D eigenvalue weighted by Crippen LogP contribution is 2.52. The molecule has 576 valence electrons. The lowest BCUT2D eigenvalue weighted by Gasteiger charge is -2.09. The topological polar surface area (TPSA) is 172 Å². The zero-order chi connectivity index (χ0) is 80.4. The summed E-state index contributed by atoms with van der Waals surface area (Å²) in [4.78, 5) is 57.9. The van der Waals surface area contributed by atoms with Crippen molar-refractivity contribution in [2.24, 2.45) is 0 Å². The Bertz CT molecular complexity index is 8010. The average molecular weight is 1590 g/mol. The summed E-state index contributed by atoms with van der Waals surface area (Å²) in [5.74, 6) is 0. The van der Waals surface area contributed by atoms with Crippen LogP contribution in [0.1, 0.15) is 89.5 Å². The highest BCUT2D eigenvalue weighted by molar-refractivity contribution is 6.14. The molecule has 8 aliphatic carbocycles. The molecule has 0 saturated carbocycles. The predicted molar refractivity (Wildman–Crippen MR) is 489 cm³/mol. The Morgan fingerprint density at radius 2 is 0.468 bits per heavy atom. The van der Waals surface area contributed by atoms with E-state index in [9.17, 15) is 0 Å². The van der Waals surface area contributed by atoms with E-state index in [0.29, 0.717) is 0 Å². The lowest BCUT2D eigenvalue weighted by atomic mass is 9.99. The second kappa shape index (κ2) is 24.7. The molecule has 16 heteroatoms. The van der Waals surface area contributed by atoms with Crippen molar-refractivity contribution in [1.29, 1.82) is 0 Å². The molecule has 124 heavy (non-hydrogen) atoms. The first-order valence-electron chi connectivity index (χ1n) is 42.5. The van der Waals surface area contributed by atoms with Gasteiger partial charge in [0.2, 0.25) is 0 Å². The van der Waals surface area contributed by atoms with Gasteiger partial charge in [0.25, 0.3) is 0 Å². The molecule has 32 rings (SSSR count). The van der Waals surface area contributed by atoms with Gasteiger partial charge < -0.3 is 0 Å². The van der Waals surface area contributed by atoms with Crippen LogP contribution in [0.5, 0.6) is 0 Å². The third-order valence-corrected chi connectivity index (χ3v) is 27.7. The summed E-state index contributed by atoms with van der Waals surface area (Å²) in [6, 6.07) is 82.9. The molecule has 0 fully saturated rings. The van der Waals surface area contributed by atoms with Gasteiger partial charge in [-0.05, 0) is 245 Å². The maximum atomic E-state index is 5.19. The molecule has 0 atom stereocenters. The van der Waals surface area contributed by atoms with Crippen LogP contribution in [-0.2, 0) is 51.4 Å². The van der Waals surface area contributed by atoms with Gasteiger partial charge in [0.05, 0.1) is 51.1 Å². The van der Waals surface area contributed by atoms with Gasteiger partial charge in [-0.2, -0.15) is 0 Å². The van der Waals surface area contributed by atoms with Gasteiger partial charge in [0, 0.05) is 158 Å². The van der Waals surface area contributed by atoms with E-state index in [4.69, 9.17) is 44.9 Å². The lowest BCUT2D eigenvalue weighted by molar-refractivity contribution is 1.06. The first-order chi connectivity index (χ1) is 61.5. The highest BCUT2D eigenvalue weighted by Gasteiger charge is 2.37. The summed E-state index contributed by atoms with van der Waals surface area (Å²) in [5, 5.41) is 11.1. The van der Waals surface area contributed by atoms with Crippen molar-refractivity contribution in [2.45, 2.75) is 51.4 Å². The summed E-state index contributed by atoms with van der Waals surface area (Å²) in [6.45, 7) is 0. The van der Waals surface area contributed by atoms with E-state index in [1.54, 1.807) is 0 Å². The molecule has 16 nitrogen and oxygen atoms in total. The number of hydrogen-bond donors (Lipinski definition) is 0. The smallest absolute Gasteiger partial charge is 0.166 e. The van der Waals surface area contributed by atoms with Crippen molar-refractivity contribution < 1.29 is 0 Å². The molecular formula is C108H64N16. The summed E-state index contributed by atoms with van der Waals surface area (Å²) in [7, 11) is 0. The largest absolute Gasteiger partial charge is 0.279 e. The summed E-state index contributed by atoms with van der Waals surface area (Å²) in [5.41, 5.74) is 51.5. The van der Waals surface area contributed by atoms with Crippen molar-refractivity contribution in [3.8, 4) is 89.5 Å². The van der Waals surface area contributed by atoms with Crippen molar-refractivity contribution >= 4 is 110 Å². The molecule has 0 aliphatic heterocycles. The fourth-order valence-electron chi connectivity index (χ4n) is 22.4. The molecule has 24 aromatic rings. The maximum Gasteiger partial charge on any atom is 0.166 e. The molecule has 0 amide bonds.